The second-order valence-electron chi connectivity index (χ2n) is 4.95. The average molecular weight is 236 g/mol. The van der Waals surface area contributed by atoms with E-state index in [1.807, 2.05) is 0 Å². The van der Waals surface area contributed by atoms with Gasteiger partial charge in [0.05, 0.1) is 0 Å². The largest absolute Gasteiger partial charge is 0.464 e. The van der Waals surface area contributed by atoms with Crippen LogP contribution >= 0.6 is 0 Å². The van der Waals surface area contributed by atoms with Crippen molar-refractivity contribution in [3.63, 3.8) is 0 Å². The van der Waals surface area contributed by atoms with Crippen molar-refractivity contribution in [2.75, 3.05) is 6.79 Å². The van der Waals surface area contributed by atoms with Crippen LogP contribution < -0.4 is 0 Å². The molecule has 1 atom stereocenters. The van der Waals surface area contributed by atoms with Gasteiger partial charge in [-0.1, -0.05) is 0 Å². The van der Waals surface area contributed by atoms with Gasteiger partial charge >= 0.3 is 0 Å². The first-order chi connectivity index (χ1) is 8.24. The van der Waals surface area contributed by atoms with Crippen molar-refractivity contribution in [1.29, 1.82) is 0 Å². The Morgan fingerprint density at radius 3 is 2.71 bits per heavy atom. The lowest BCUT2D eigenvalue weighted by Gasteiger charge is -2.42. The van der Waals surface area contributed by atoms with Crippen molar-refractivity contribution in [3.8, 4) is 0 Å². The molecule has 1 saturated carbocycles. The first-order valence-corrected chi connectivity index (χ1v) is 6.31. The van der Waals surface area contributed by atoms with Gasteiger partial charge in [0, 0.05) is 18.4 Å². The molecule has 1 fully saturated rings. The quantitative estimate of drug-likeness (QED) is 0.644. The van der Waals surface area contributed by atoms with Crippen LogP contribution in [-0.4, -0.2) is 24.0 Å². The monoisotopic (exact) mass is 236 g/mol. The van der Waals surface area contributed by atoms with Crippen molar-refractivity contribution in [2.24, 2.45) is 0 Å². The molecule has 0 aromatic rings. The van der Waals surface area contributed by atoms with Gasteiger partial charge < -0.3 is 9.47 Å². The Bertz CT molecular complexity index is 410. The second-order valence-corrected chi connectivity index (χ2v) is 4.95. The Morgan fingerprint density at radius 1 is 1.00 bits per heavy atom. The highest BCUT2D eigenvalue weighted by molar-refractivity contribution is 5.99. The first kappa shape index (κ1) is 11.0. The van der Waals surface area contributed by atoms with Crippen molar-refractivity contribution in [2.45, 2.75) is 50.5 Å². The molecular formula is C13H16O4. The van der Waals surface area contributed by atoms with Crippen LogP contribution in [0.3, 0.4) is 0 Å². The molecule has 0 amide bonds. The number of hydrogen-bond donors (Lipinski definition) is 0. The van der Waals surface area contributed by atoms with Crippen LogP contribution in [0, 0.1) is 0 Å². The summed E-state index contributed by atoms with van der Waals surface area (Å²) in [6.07, 6.45) is 5.28. The molecule has 2 aliphatic carbocycles. The summed E-state index contributed by atoms with van der Waals surface area (Å²) in [5.41, 5.74) is 0.00625. The number of hydrogen-bond acceptors (Lipinski definition) is 4. The molecule has 0 aromatic heterocycles. The van der Waals surface area contributed by atoms with Crippen LogP contribution in [0.15, 0.2) is 11.3 Å². The molecule has 0 bridgehead atoms. The molecule has 1 spiro atoms. The summed E-state index contributed by atoms with van der Waals surface area (Å²) >= 11 is 0. The number of allylic oxidation sites excluding steroid dienone is 1. The van der Waals surface area contributed by atoms with Gasteiger partial charge in [0.2, 0.25) is 0 Å². The van der Waals surface area contributed by atoms with E-state index in [0.717, 1.165) is 31.3 Å². The van der Waals surface area contributed by atoms with E-state index in [1.165, 1.54) is 0 Å². The van der Waals surface area contributed by atoms with E-state index in [-0.39, 0.29) is 18.4 Å². The molecule has 0 N–H and O–H groups in total. The normalized spacial score (nSPS) is 33.6. The van der Waals surface area contributed by atoms with Crippen LogP contribution in [0.2, 0.25) is 0 Å². The van der Waals surface area contributed by atoms with Crippen LogP contribution in [0.5, 0.6) is 0 Å². The average Bonchev–Trinajstić information content (AvgIpc) is 2.35. The van der Waals surface area contributed by atoms with E-state index in [0.29, 0.717) is 25.0 Å². The highest BCUT2D eigenvalue weighted by atomic mass is 16.7. The standard InChI is InChI=1S/C13H16O4/c14-10-5-3-4-9-12(10)16-8-17-13(9)7-2-1-6-11(13)15/h1-8H2. The van der Waals surface area contributed by atoms with Gasteiger partial charge in [0.25, 0.3) is 0 Å². The van der Waals surface area contributed by atoms with Gasteiger partial charge in [-0.2, -0.15) is 0 Å². The maximum absolute atomic E-state index is 12.2. The fourth-order valence-electron chi connectivity index (χ4n) is 3.12. The number of ether oxygens (including phenoxy) is 2. The smallest absolute Gasteiger partial charge is 0.197 e. The van der Waals surface area contributed by atoms with Crippen LogP contribution in [-0.2, 0) is 19.1 Å². The van der Waals surface area contributed by atoms with E-state index >= 15 is 0 Å². The number of carbonyl (C=O) groups is 2. The first-order valence-electron chi connectivity index (χ1n) is 6.31. The zero-order valence-electron chi connectivity index (χ0n) is 9.79. The van der Waals surface area contributed by atoms with E-state index < -0.39 is 5.60 Å². The minimum atomic E-state index is -0.818. The number of ketones is 2. The van der Waals surface area contributed by atoms with Crippen molar-refractivity contribution < 1.29 is 19.1 Å². The Hall–Kier alpha value is -1.16. The zero-order valence-corrected chi connectivity index (χ0v) is 9.79. The molecule has 3 rings (SSSR count). The minimum Gasteiger partial charge on any atom is -0.464 e. The summed E-state index contributed by atoms with van der Waals surface area (Å²) < 4.78 is 11.0. The van der Waals surface area contributed by atoms with E-state index in [9.17, 15) is 9.59 Å². The predicted molar refractivity (Wildman–Crippen MR) is 59.1 cm³/mol. The molecule has 0 radical (unpaired) electrons. The topological polar surface area (TPSA) is 52.6 Å². The maximum atomic E-state index is 12.2. The van der Waals surface area contributed by atoms with Crippen molar-refractivity contribution in [3.05, 3.63) is 11.3 Å². The Labute approximate surface area is 100.0 Å². The molecule has 92 valence electrons. The highest BCUT2D eigenvalue weighted by Gasteiger charge is 2.49. The van der Waals surface area contributed by atoms with E-state index in [4.69, 9.17) is 9.47 Å². The fourth-order valence-corrected chi connectivity index (χ4v) is 3.12. The van der Waals surface area contributed by atoms with Crippen LogP contribution in [0.4, 0.5) is 0 Å². The molecule has 4 nitrogen and oxygen atoms in total. The van der Waals surface area contributed by atoms with Gasteiger partial charge in [0.1, 0.15) is 0 Å². The van der Waals surface area contributed by atoms with Crippen molar-refractivity contribution in [1.82, 2.24) is 0 Å². The summed E-state index contributed by atoms with van der Waals surface area (Å²) in [7, 11) is 0. The second kappa shape index (κ2) is 3.95. The minimum absolute atomic E-state index is 0.0345. The Kier molecular flexibility index (Phi) is 2.54. The summed E-state index contributed by atoms with van der Waals surface area (Å²) in [6, 6.07) is 0. The molecule has 17 heavy (non-hydrogen) atoms. The van der Waals surface area contributed by atoms with Crippen LogP contribution in [0.1, 0.15) is 44.9 Å². The number of Topliss-reactive ketones (excluding diaryl/α,β-unsaturated/α-hetero) is 2. The Balaban J connectivity index is 2.07. The summed E-state index contributed by atoms with van der Waals surface area (Å²) in [5.74, 6) is 0.597. The third kappa shape index (κ3) is 1.54. The van der Waals surface area contributed by atoms with Gasteiger partial charge in [0.15, 0.2) is 29.7 Å². The molecule has 4 heteroatoms. The molecule has 0 saturated heterocycles. The molecular weight excluding hydrogens is 220 g/mol. The summed E-state index contributed by atoms with van der Waals surface area (Å²) in [6.45, 7) is 0.0380. The lowest BCUT2D eigenvalue weighted by Crippen LogP contribution is -2.50. The van der Waals surface area contributed by atoms with E-state index in [1.54, 1.807) is 0 Å². The number of rotatable bonds is 0. The predicted octanol–water partition coefficient (Wildman–Crippen LogP) is 1.88. The van der Waals surface area contributed by atoms with Crippen molar-refractivity contribution >= 4 is 11.6 Å². The maximum Gasteiger partial charge on any atom is 0.197 e. The number of carbonyl (C=O) groups excluding carboxylic acids is 2. The highest BCUT2D eigenvalue weighted by Crippen LogP contribution is 2.43. The molecule has 3 aliphatic rings. The SMILES string of the molecule is O=C1CCCC2=C1OCOC21CCCCC1=O. The number of fused-ring (bicyclic) bond motifs is 1. The molecule has 1 aliphatic heterocycles. The third-order valence-electron chi connectivity index (χ3n) is 3.99. The van der Waals surface area contributed by atoms with Gasteiger partial charge in [-0.25, -0.2) is 0 Å². The van der Waals surface area contributed by atoms with Gasteiger partial charge in [-0.15, -0.1) is 0 Å². The lowest BCUT2D eigenvalue weighted by molar-refractivity contribution is -0.172. The fraction of sp³-hybridized carbons (Fsp3) is 0.692. The third-order valence-corrected chi connectivity index (χ3v) is 3.99. The Morgan fingerprint density at radius 2 is 1.88 bits per heavy atom. The van der Waals surface area contributed by atoms with Gasteiger partial charge in [-0.05, 0) is 32.1 Å². The lowest BCUT2D eigenvalue weighted by atomic mass is 9.73. The molecule has 1 heterocycles. The van der Waals surface area contributed by atoms with E-state index in [2.05, 4.69) is 0 Å². The van der Waals surface area contributed by atoms with Gasteiger partial charge in [-0.3, -0.25) is 9.59 Å². The van der Waals surface area contributed by atoms with Crippen LogP contribution in [0.25, 0.3) is 0 Å². The zero-order chi connectivity index (χ0) is 11.9. The molecule has 0 aromatic carbocycles. The summed E-state index contributed by atoms with van der Waals surface area (Å²) in [4.78, 5) is 24.0. The summed E-state index contributed by atoms with van der Waals surface area (Å²) in [5, 5.41) is 0. The molecule has 1 unspecified atom stereocenters.